The van der Waals surface area contributed by atoms with Gasteiger partial charge < -0.3 is 10.1 Å². The fourth-order valence-electron chi connectivity index (χ4n) is 1.54. The smallest absolute Gasteiger partial charge is 0.215 e. The highest BCUT2D eigenvalue weighted by atomic mass is 19.1. The molecule has 0 aliphatic rings. The minimum absolute atomic E-state index is 0.227. The van der Waals surface area contributed by atoms with Gasteiger partial charge >= 0.3 is 0 Å². The molecule has 0 aliphatic carbocycles. The Balaban J connectivity index is 1.97. The number of anilines is 1. The lowest BCUT2D eigenvalue weighted by atomic mass is 10.2. The van der Waals surface area contributed by atoms with Crippen LogP contribution in [-0.4, -0.2) is 11.6 Å². The van der Waals surface area contributed by atoms with Gasteiger partial charge in [-0.2, -0.15) is 4.98 Å². The van der Waals surface area contributed by atoms with Gasteiger partial charge in [0.05, 0.1) is 6.61 Å². The predicted octanol–water partition coefficient (Wildman–Crippen LogP) is 3.23. The van der Waals surface area contributed by atoms with Crippen molar-refractivity contribution in [2.75, 3.05) is 11.9 Å². The molecule has 0 saturated carbocycles. The summed E-state index contributed by atoms with van der Waals surface area (Å²) in [5.41, 5.74) is 1.00. The van der Waals surface area contributed by atoms with E-state index in [9.17, 15) is 4.39 Å². The van der Waals surface area contributed by atoms with Crippen LogP contribution in [-0.2, 0) is 6.54 Å². The molecule has 18 heavy (non-hydrogen) atoms. The summed E-state index contributed by atoms with van der Waals surface area (Å²) in [5, 5.41) is 3.17. The highest BCUT2D eigenvalue weighted by Crippen LogP contribution is 2.12. The number of rotatable bonds is 5. The number of hydrogen-bond donors (Lipinski definition) is 1. The zero-order valence-corrected chi connectivity index (χ0v) is 10.2. The van der Waals surface area contributed by atoms with E-state index >= 15 is 0 Å². The molecule has 2 rings (SSSR count). The topological polar surface area (TPSA) is 34.1 Å². The lowest BCUT2D eigenvalue weighted by Gasteiger charge is -2.07. The molecule has 4 heteroatoms. The van der Waals surface area contributed by atoms with Crippen molar-refractivity contribution in [3.05, 3.63) is 53.8 Å². The Labute approximate surface area is 106 Å². The minimum Gasteiger partial charge on any atom is -0.478 e. The summed E-state index contributed by atoms with van der Waals surface area (Å²) in [6.07, 6.45) is 0. The van der Waals surface area contributed by atoms with E-state index in [1.54, 1.807) is 12.1 Å². The van der Waals surface area contributed by atoms with Crippen molar-refractivity contribution in [1.82, 2.24) is 4.98 Å². The summed E-state index contributed by atoms with van der Waals surface area (Å²) in [5.74, 6) is 1.11. The van der Waals surface area contributed by atoms with Crippen LogP contribution in [0.5, 0.6) is 5.88 Å². The van der Waals surface area contributed by atoms with E-state index in [0.29, 0.717) is 19.0 Å². The van der Waals surface area contributed by atoms with Crippen molar-refractivity contribution in [1.29, 1.82) is 0 Å². The van der Waals surface area contributed by atoms with E-state index in [-0.39, 0.29) is 5.82 Å². The Morgan fingerprint density at radius 3 is 2.67 bits per heavy atom. The molecule has 0 bridgehead atoms. The van der Waals surface area contributed by atoms with Gasteiger partial charge in [0, 0.05) is 12.6 Å². The summed E-state index contributed by atoms with van der Waals surface area (Å²) < 4.78 is 18.1. The highest BCUT2D eigenvalue weighted by molar-refractivity contribution is 5.38. The van der Waals surface area contributed by atoms with Gasteiger partial charge in [-0.1, -0.05) is 18.2 Å². The largest absolute Gasteiger partial charge is 0.478 e. The molecule has 2 aromatic rings. The lowest BCUT2D eigenvalue weighted by molar-refractivity contribution is 0.327. The molecule has 0 amide bonds. The first-order valence-electron chi connectivity index (χ1n) is 5.86. The van der Waals surface area contributed by atoms with Crippen LogP contribution in [0.25, 0.3) is 0 Å². The Morgan fingerprint density at radius 2 is 1.94 bits per heavy atom. The summed E-state index contributed by atoms with van der Waals surface area (Å²) in [6, 6.07) is 11.9. The first-order chi connectivity index (χ1) is 8.78. The number of hydrogen-bond acceptors (Lipinski definition) is 3. The molecule has 1 N–H and O–H groups in total. The second-order valence-electron chi connectivity index (χ2n) is 3.77. The molecule has 0 saturated heterocycles. The van der Waals surface area contributed by atoms with Crippen LogP contribution >= 0.6 is 0 Å². The normalized spacial score (nSPS) is 10.1. The molecule has 0 radical (unpaired) electrons. The van der Waals surface area contributed by atoms with E-state index in [0.717, 1.165) is 11.4 Å². The third-order valence-corrected chi connectivity index (χ3v) is 2.40. The Bertz CT molecular complexity index is 499. The summed E-state index contributed by atoms with van der Waals surface area (Å²) in [4.78, 5) is 4.29. The number of ether oxygens (including phenoxy) is 1. The monoisotopic (exact) mass is 246 g/mol. The molecule has 0 unspecified atom stereocenters. The second kappa shape index (κ2) is 6.00. The van der Waals surface area contributed by atoms with Gasteiger partial charge in [0.1, 0.15) is 11.6 Å². The van der Waals surface area contributed by atoms with Crippen molar-refractivity contribution in [2.45, 2.75) is 13.5 Å². The Morgan fingerprint density at radius 1 is 1.17 bits per heavy atom. The molecule has 0 spiro atoms. The maximum atomic E-state index is 12.7. The summed E-state index contributed by atoms with van der Waals surface area (Å²) in [7, 11) is 0. The van der Waals surface area contributed by atoms with Gasteiger partial charge in [0.15, 0.2) is 0 Å². The quantitative estimate of drug-likeness (QED) is 0.879. The van der Waals surface area contributed by atoms with Crippen molar-refractivity contribution in [3.63, 3.8) is 0 Å². The van der Waals surface area contributed by atoms with E-state index < -0.39 is 0 Å². The van der Waals surface area contributed by atoms with Gasteiger partial charge in [-0.15, -0.1) is 0 Å². The van der Waals surface area contributed by atoms with Crippen LogP contribution in [0.1, 0.15) is 12.5 Å². The van der Waals surface area contributed by atoms with Crippen LogP contribution < -0.4 is 10.1 Å². The van der Waals surface area contributed by atoms with E-state index in [1.165, 1.54) is 12.1 Å². The van der Waals surface area contributed by atoms with Crippen LogP contribution in [0.15, 0.2) is 42.5 Å². The predicted molar refractivity (Wildman–Crippen MR) is 69.1 cm³/mol. The molecule has 0 aliphatic heterocycles. The van der Waals surface area contributed by atoms with Gasteiger partial charge in [-0.3, -0.25) is 0 Å². The number of halogens is 1. The van der Waals surface area contributed by atoms with Gasteiger partial charge in [-0.25, -0.2) is 4.39 Å². The molecule has 0 fully saturated rings. The SMILES string of the molecule is CCOc1cccc(NCc2ccc(F)cc2)n1. The maximum Gasteiger partial charge on any atom is 0.215 e. The fraction of sp³-hybridized carbons (Fsp3) is 0.214. The number of benzene rings is 1. The maximum absolute atomic E-state index is 12.7. The van der Waals surface area contributed by atoms with Crippen molar-refractivity contribution < 1.29 is 9.13 Å². The van der Waals surface area contributed by atoms with Crippen LogP contribution in [0.2, 0.25) is 0 Å². The molecule has 1 heterocycles. The molecule has 0 atom stereocenters. The summed E-state index contributed by atoms with van der Waals surface area (Å²) in [6.45, 7) is 3.11. The van der Waals surface area contributed by atoms with E-state index in [1.807, 2.05) is 25.1 Å². The Kier molecular flexibility index (Phi) is 4.12. The molecule has 94 valence electrons. The molecule has 1 aromatic carbocycles. The van der Waals surface area contributed by atoms with Gasteiger partial charge in [0.25, 0.3) is 0 Å². The Hall–Kier alpha value is -2.10. The van der Waals surface area contributed by atoms with Crippen LogP contribution in [0, 0.1) is 5.82 Å². The van der Waals surface area contributed by atoms with E-state index in [4.69, 9.17) is 4.74 Å². The highest BCUT2D eigenvalue weighted by Gasteiger charge is 1.98. The minimum atomic E-state index is -0.227. The molecular formula is C14H15FN2O. The third kappa shape index (κ3) is 3.45. The standard InChI is InChI=1S/C14H15FN2O/c1-2-18-14-5-3-4-13(17-14)16-10-11-6-8-12(15)9-7-11/h3-9H,2,10H2,1H3,(H,16,17). The molecule has 3 nitrogen and oxygen atoms in total. The second-order valence-corrected chi connectivity index (χ2v) is 3.77. The van der Waals surface area contributed by atoms with Gasteiger partial charge in [0.2, 0.25) is 5.88 Å². The van der Waals surface area contributed by atoms with Crippen molar-refractivity contribution >= 4 is 5.82 Å². The number of nitrogens with zero attached hydrogens (tertiary/aromatic N) is 1. The van der Waals surface area contributed by atoms with Crippen molar-refractivity contribution in [3.8, 4) is 5.88 Å². The third-order valence-electron chi connectivity index (χ3n) is 2.40. The zero-order valence-electron chi connectivity index (χ0n) is 10.2. The lowest BCUT2D eigenvalue weighted by Crippen LogP contribution is -2.02. The molecule has 1 aromatic heterocycles. The summed E-state index contributed by atoms with van der Waals surface area (Å²) >= 11 is 0. The van der Waals surface area contributed by atoms with Crippen LogP contribution in [0.4, 0.5) is 10.2 Å². The average Bonchev–Trinajstić information content (AvgIpc) is 2.39. The average molecular weight is 246 g/mol. The number of nitrogens with one attached hydrogen (secondary N) is 1. The van der Waals surface area contributed by atoms with Crippen LogP contribution in [0.3, 0.4) is 0 Å². The molecular weight excluding hydrogens is 231 g/mol. The number of pyridine rings is 1. The van der Waals surface area contributed by atoms with E-state index in [2.05, 4.69) is 10.3 Å². The zero-order chi connectivity index (χ0) is 12.8. The fourth-order valence-corrected chi connectivity index (χ4v) is 1.54. The first kappa shape index (κ1) is 12.4. The van der Waals surface area contributed by atoms with Crippen molar-refractivity contribution in [2.24, 2.45) is 0 Å². The number of aromatic nitrogens is 1. The first-order valence-corrected chi connectivity index (χ1v) is 5.86. The van der Waals surface area contributed by atoms with Gasteiger partial charge in [-0.05, 0) is 30.7 Å².